The number of carbonyl (C=O) groups excluding carboxylic acids is 1. The summed E-state index contributed by atoms with van der Waals surface area (Å²) in [5.74, 6) is -16.4. The SMILES string of the molecule is CC(C)(C)C(F)C(F)(F)C(F)(F)C(F)(F)OC(=O)/C=C/C(=O)O. The lowest BCUT2D eigenvalue weighted by Crippen LogP contribution is -2.61. The zero-order valence-corrected chi connectivity index (χ0v) is 12.0. The summed E-state index contributed by atoms with van der Waals surface area (Å²) in [5, 5.41) is 8.11. The average Bonchev–Trinajstić information content (AvgIpc) is 2.33. The van der Waals surface area contributed by atoms with Crippen molar-refractivity contribution in [2.75, 3.05) is 0 Å². The van der Waals surface area contributed by atoms with Gasteiger partial charge in [0.15, 0.2) is 6.17 Å². The fourth-order valence-electron chi connectivity index (χ4n) is 1.26. The van der Waals surface area contributed by atoms with Crippen LogP contribution < -0.4 is 0 Å². The summed E-state index contributed by atoms with van der Waals surface area (Å²) in [6.45, 7) is 2.34. The third kappa shape index (κ3) is 4.58. The maximum atomic E-state index is 13.5. The van der Waals surface area contributed by atoms with Crippen LogP contribution in [0.3, 0.4) is 0 Å². The summed E-state index contributed by atoms with van der Waals surface area (Å²) in [5.41, 5.74) is -2.11. The summed E-state index contributed by atoms with van der Waals surface area (Å²) in [7, 11) is 0. The first-order chi connectivity index (χ1) is 9.97. The molecule has 0 aromatic heterocycles. The van der Waals surface area contributed by atoms with E-state index in [4.69, 9.17) is 5.11 Å². The number of aliphatic carboxylic acids is 1. The van der Waals surface area contributed by atoms with Crippen LogP contribution in [0.1, 0.15) is 20.8 Å². The van der Waals surface area contributed by atoms with Crippen molar-refractivity contribution in [2.24, 2.45) is 5.41 Å². The Labute approximate surface area is 125 Å². The van der Waals surface area contributed by atoms with Crippen molar-refractivity contribution < 1.29 is 50.2 Å². The van der Waals surface area contributed by atoms with Crippen molar-refractivity contribution in [3.8, 4) is 0 Å². The second-order valence-corrected chi connectivity index (χ2v) is 5.54. The molecule has 0 rings (SSSR count). The van der Waals surface area contributed by atoms with Gasteiger partial charge in [0.25, 0.3) is 0 Å². The monoisotopic (exact) mass is 354 g/mol. The molecule has 11 heteroatoms. The Morgan fingerprint density at radius 1 is 1.00 bits per heavy atom. The zero-order chi connectivity index (χ0) is 18.9. The number of rotatable bonds is 6. The van der Waals surface area contributed by atoms with E-state index in [1.165, 1.54) is 0 Å². The highest BCUT2D eigenvalue weighted by atomic mass is 19.4. The van der Waals surface area contributed by atoms with E-state index in [9.17, 15) is 40.3 Å². The normalized spacial score (nSPS) is 15.6. The molecule has 0 aromatic carbocycles. The van der Waals surface area contributed by atoms with Crippen molar-refractivity contribution in [1.29, 1.82) is 0 Å². The maximum Gasteiger partial charge on any atom is 0.473 e. The van der Waals surface area contributed by atoms with Gasteiger partial charge in [-0.15, -0.1) is 0 Å². The number of alkyl halides is 7. The number of hydrogen-bond acceptors (Lipinski definition) is 3. The lowest BCUT2D eigenvalue weighted by molar-refractivity contribution is -0.396. The predicted octanol–water partition coefficient (Wildman–Crippen LogP) is 3.42. The van der Waals surface area contributed by atoms with E-state index < -0.39 is 41.5 Å². The van der Waals surface area contributed by atoms with Crippen molar-refractivity contribution in [3.05, 3.63) is 12.2 Å². The van der Waals surface area contributed by atoms with Gasteiger partial charge >= 0.3 is 29.9 Å². The zero-order valence-electron chi connectivity index (χ0n) is 12.0. The standard InChI is InChI=1S/C12H13F7O4/c1-9(2,3)8(13)10(14,15)11(16,17)12(18,19)23-7(22)5-4-6(20)21/h4-5,8H,1-3H3,(H,20,21)/b5-4+. The van der Waals surface area contributed by atoms with Crippen LogP contribution in [0.15, 0.2) is 12.2 Å². The van der Waals surface area contributed by atoms with Gasteiger partial charge in [0.2, 0.25) is 0 Å². The summed E-state index contributed by atoms with van der Waals surface area (Å²) in [6.07, 6.45) is -10.0. The third-order valence-electron chi connectivity index (χ3n) is 2.45. The highest BCUT2D eigenvalue weighted by molar-refractivity contribution is 5.90. The minimum atomic E-state index is -6.38. The molecule has 1 atom stereocenters. The number of carboxylic acids is 1. The Kier molecular flexibility index (Phi) is 5.86. The van der Waals surface area contributed by atoms with E-state index in [0.29, 0.717) is 0 Å². The van der Waals surface area contributed by atoms with E-state index >= 15 is 0 Å². The maximum absolute atomic E-state index is 13.5. The van der Waals surface area contributed by atoms with E-state index in [0.717, 1.165) is 20.8 Å². The summed E-state index contributed by atoms with van der Waals surface area (Å²) in [6, 6.07) is 0. The van der Waals surface area contributed by atoms with Crippen LogP contribution >= 0.6 is 0 Å². The molecule has 0 amide bonds. The number of carboxylic acid groups (broad SMARTS) is 1. The Bertz CT molecular complexity index is 494. The van der Waals surface area contributed by atoms with Crippen LogP contribution in [0.2, 0.25) is 0 Å². The molecule has 0 saturated heterocycles. The smallest absolute Gasteiger partial charge is 0.473 e. The molecule has 134 valence electrons. The molecule has 23 heavy (non-hydrogen) atoms. The van der Waals surface area contributed by atoms with Crippen LogP contribution in [0.5, 0.6) is 0 Å². The fraction of sp³-hybridized carbons (Fsp3) is 0.667. The molecule has 1 N–H and O–H groups in total. The molecule has 0 fully saturated rings. The highest BCUT2D eigenvalue weighted by Gasteiger charge is 2.78. The molecule has 0 aliphatic carbocycles. The van der Waals surface area contributed by atoms with Gasteiger partial charge in [0.05, 0.1) is 0 Å². The highest BCUT2D eigenvalue weighted by Crippen LogP contribution is 2.51. The van der Waals surface area contributed by atoms with E-state index in [1.807, 2.05) is 0 Å². The van der Waals surface area contributed by atoms with Gasteiger partial charge in [-0.3, -0.25) is 0 Å². The van der Waals surface area contributed by atoms with Crippen LogP contribution in [-0.2, 0) is 14.3 Å². The molecule has 0 aliphatic heterocycles. The van der Waals surface area contributed by atoms with Gasteiger partial charge < -0.3 is 9.84 Å². The van der Waals surface area contributed by atoms with Crippen molar-refractivity contribution in [3.63, 3.8) is 0 Å². The molecule has 4 nitrogen and oxygen atoms in total. The first-order valence-corrected chi connectivity index (χ1v) is 5.88. The lowest BCUT2D eigenvalue weighted by Gasteiger charge is -2.37. The lowest BCUT2D eigenvalue weighted by atomic mass is 9.84. The van der Waals surface area contributed by atoms with Crippen LogP contribution in [0.4, 0.5) is 30.7 Å². The Morgan fingerprint density at radius 3 is 1.78 bits per heavy atom. The molecule has 0 radical (unpaired) electrons. The third-order valence-corrected chi connectivity index (χ3v) is 2.45. The van der Waals surface area contributed by atoms with Crippen molar-refractivity contribution in [1.82, 2.24) is 0 Å². The van der Waals surface area contributed by atoms with Gasteiger partial charge in [-0.1, -0.05) is 20.8 Å². The number of halogens is 7. The second-order valence-electron chi connectivity index (χ2n) is 5.54. The molecule has 0 aromatic rings. The van der Waals surface area contributed by atoms with Gasteiger partial charge in [0, 0.05) is 12.2 Å². The number of carbonyl (C=O) groups is 2. The Hall–Kier alpha value is -1.81. The van der Waals surface area contributed by atoms with E-state index in [2.05, 4.69) is 4.74 Å². The summed E-state index contributed by atoms with van der Waals surface area (Å²) in [4.78, 5) is 20.8. The van der Waals surface area contributed by atoms with Crippen LogP contribution in [-0.4, -0.2) is 41.2 Å². The molecule has 1 unspecified atom stereocenters. The number of ether oxygens (including phenoxy) is 1. The molecule has 0 spiro atoms. The van der Waals surface area contributed by atoms with Gasteiger partial charge in [0.1, 0.15) is 0 Å². The molecule has 0 bridgehead atoms. The second kappa shape index (κ2) is 6.36. The molecular formula is C12H13F7O4. The fourth-order valence-corrected chi connectivity index (χ4v) is 1.26. The summed E-state index contributed by atoms with van der Waals surface area (Å²) < 4.78 is 96.4. The van der Waals surface area contributed by atoms with Crippen molar-refractivity contribution in [2.45, 2.75) is 44.9 Å². The first-order valence-electron chi connectivity index (χ1n) is 5.88. The van der Waals surface area contributed by atoms with Crippen molar-refractivity contribution >= 4 is 11.9 Å². The van der Waals surface area contributed by atoms with Gasteiger partial charge in [-0.25, -0.2) is 14.0 Å². The quantitative estimate of drug-likeness (QED) is 0.451. The average molecular weight is 354 g/mol. The largest absolute Gasteiger partial charge is 0.478 e. The minimum absolute atomic E-state index is 0.0399. The minimum Gasteiger partial charge on any atom is -0.478 e. The van der Waals surface area contributed by atoms with Gasteiger partial charge in [-0.2, -0.15) is 26.3 Å². The number of hydrogen-bond donors (Lipinski definition) is 1. The van der Waals surface area contributed by atoms with Gasteiger partial charge in [-0.05, 0) is 5.41 Å². The first kappa shape index (κ1) is 21.2. The number of esters is 1. The van der Waals surface area contributed by atoms with E-state index in [-0.39, 0.29) is 12.2 Å². The van der Waals surface area contributed by atoms with Crippen LogP contribution in [0.25, 0.3) is 0 Å². The summed E-state index contributed by atoms with van der Waals surface area (Å²) >= 11 is 0. The molecule has 0 saturated carbocycles. The Morgan fingerprint density at radius 2 is 1.43 bits per heavy atom. The predicted molar refractivity (Wildman–Crippen MR) is 62.1 cm³/mol. The molecule has 0 aliphatic rings. The molecular weight excluding hydrogens is 341 g/mol. The van der Waals surface area contributed by atoms with Crippen LogP contribution in [0, 0.1) is 5.41 Å². The topological polar surface area (TPSA) is 63.6 Å². The molecule has 0 heterocycles. The van der Waals surface area contributed by atoms with E-state index in [1.54, 1.807) is 0 Å². The Balaban J connectivity index is 5.53.